The maximum atomic E-state index is 12.9. The lowest BCUT2D eigenvalue weighted by atomic mass is 9.91. The number of hydrogen-bond donors (Lipinski definition) is 2. The summed E-state index contributed by atoms with van der Waals surface area (Å²) >= 11 is 13.3. The molecule has 11 nitrogen and oxygen atoms in total. The van der Waals surface area contributed by atoms with E-state index in [4.69, 9.17) is 42.1 Å². The Balaban J connectivity index is 1.24. The van der Waals surface area contributed by atoms with E-state index in [1.54, 1.807) is 44.6 Å². The minimum absolute atomic E-state index is 0.105. The van der Waals surface area contributed by atoms with Crippen LogP contribution >= 0.6 is 23.2 Å². The molecule has 260 valence electrons. The highest BCUT2D eigenvalue weighted by Crippen LogP contribution is 2.41. The van der Waals surface area contributed by atoms with Crippen molar-refractivity contribution in [2.45, 2.75) is 27.4 Å². The number of likely N-dealkylation sites (N-methyl/N-ethyl adjacent to an activating group) is 1. The van der Waals surface area contributed by atoms with Crippen LogP contribution in [0.15, 0.2) is 48.7 Å². The molecule has 0 unspecified atom stereocenters. The number of carbonyl (C=O) groups excluding carboxylic acids is 1. The minimum atomic E-state index is -0.718. The fourth-order valence-corrected chi connectivity index (χ4v) is 6.08. The number of ether oxygens (including phenoxy) is 4. The van der Waals surface area contributed by atoms with E-state index in [9.17, 15) is 4.79 Å². The number of rotatable bonds is 12. The van der Waals surface area contributed by atoms with Crippen LogP contribution in [0.4, 0.5) is 22.2 Å². The Morgan fingerprint density at radius 2 is 1.61 bits per heavy atom. The van der Waals surface area contributed by atoms with Crippen LogP contribution in [0.3, 0.4) is 0 Å². The summed E-state index contributed by atoms with van der Waals surface area (Å²) < 4.78 is 23.0. The zero-order valence-electron chi connectivity index (χ0n) is 28.7. The molecule has 1 amide bonds. The van der Waals surface area contributed by atoms with Crippen LogP contribution in [-0.4, -0.2) is 86.5 Å². The van der Waals surface area contributed by atoms with Gasteiger partial charge in [-0.2, -0.15) is 4.98 Å². The van der Waals surface area contributed by atoms with Crippen molar-refractivity contribution in [3.8, 4) is 28.4 Å². The minimum Gasteiger partial charge on any atom is -0.493 e. The fraction of sp³-hybridized carbons (Fsp3) is 0.361. The average Bonchev–Trinajstić information content (AvgIpc) is 3.09. The molecule has 1 saturated heterocycles. The predicted molar refractivity (Wildman–Crippen MR) is 194 cm³/mol. The van der Waals surface area contributed by atoms with Crippen molar-refractivity contribution in [3.63, 3.8) is 0 Å². The summed E-state index contributed by atoms with van der Waals surface area (Å²) in [6, 6.07) is 12.6. The molecule has 0 radical (unpaired) electrons. The number of benzene rings is 3. The Morgan fingerprint density at radius 3 is 2.31 bits per heavy atom. The Labute approximate surface area is 297 Å². The van der Waals surface area contributed by atoms with Crippen molar-refractivity contribution in [2.75, 3.05) is 71.2 Å². The molecule has 0 atom stereocenters. The standard InChI is InChI=1S/C36H42Cl2N6O5/c1-22-7-8-26(24(3)23(22)2)33-27(28(37)9-10-29(33)38)21-49-36(45)42-32-11-12-39-35(41-32)40-25-19-30(46-5)34(31(20-25)47-6)48-18-17-44-15-13-43(4)14-16-44/h7-12,19-20H,13-18,21H2,1-6H3,(H2,39,40,41,42,45). The van der Waals surface area contributed by atoms with Gasteiger partial charge in [0.1, 0.15) is 19.0 Å². The van der Waals surface area contributed by atoms with Crippen molar-refractivity contribution in [1.29, 1.82) is 0 Å². The molecule has 1 aromatic heterocycles. The first kappa shape index (κ1) is 36.0. The third-order valence-electron chi connectivity index (χ3n) is 8.73. The van der Waals surface area contributed by atoms with E-state index in [1.807, 2.05) is 19.1 Å². The summed E-state index contributed by atoms with van der Waals surface area (Å²) in [4.78, 5) is 26.3. The molecule has 0 bridgehead atoms. The van der Waals surface area contributed by atoms with Crippen LogP contribution in [0.2, 0.25) is 10.0 Å². The van der Waals surface area contributed by atoms with E-state index in [2.05, 4.69) is 51.3 Å². The topological polar surface area (TPSA) is 110 Å². The van der Waals surface area contributed by atoms with Crippen molar-refractivity contribution in [1.82, 2.24) is 19.8 Å². The first-order valence-electron chi connectivity index (χ1n) is 16.0. The zero-order valence-corrected chi connectivity index (χ0v) is 30.2. The van der Waals surface area contributed by atoms with E-state index in [0.29, 0.717) is 45.2 Å². The molecule has 1 fully saturated rings. The molecule has 2 N–H and O–H groups in total. The summed E-state index contributed by atoms with van der Waals surface area (Å²) in [5.74, 6) is 1.96. The van der Waals surface area contributed by atoms with Crippen LogP contribution in [0.5, 0.6) is 17.2 Å². The molecule has 1 aliphatic rings. The highest BCUT2D eigenvalue weighted by atomic mass is 35.5. The van der Waals surface area contributed by atoms with E-state index in [0.717, 1.165) is 55.0 Å². The maximum absolute atomic E-state index is 12.9. The molecule has 3 aromatic carbocycles. The van der Waals surface area contributed by atoms with Gasteiger partial charge in [0.2, 0.25) is 11.7 Å². The first-order chi connectivity index (χ1) is 23.6. The number of nitrogens with one attached hydrogen (secondary N) is 2. The third kappa shape index (κ3) is 8.85. The van der Waals surface area contributed by atoms with Crippen molar-refractivity contribution in [2.24, 2.45) is 0 Å². The van der Waals surface area contributed by atoms with Crippen LogP contribution in [0.1, 0.15) is 22.3 Å². The largest absolute Gasteiger partial charge is 0.493 e. The SMILES string of the molecule is COc1cc(Nc2nccc(NC(=O)OCc3c(Cl)ccc(Cl)c3-c3ccc(C)c(C)c3C)n2)cc(OC)c1OCCN1CCN(C)CC1. The lowest BCUT2D eigenvalue weighted by Crippen LogP contribution is -2.45. The van der Waals surface area contributed by atoms with Gasteiger partial charge in [-0.1, -0.05) is 35.3 Å². The number of nitrogens with zero attached hydrogens (tertiary/aromatic N) is 4. The Bertz CT molecular complexity index is 1770. The number of carbonyl (C=O) groups is 1. The third-order valence-corrected chi connectivity index (χ3v) is 9.40. The number of aromatic nitrogens is 2. The second-order valence-electron chi connectivity index (χ2n) is 11.9. The zero-order chi connectivity index (χ0) is 35.1. The number of hydrogen-bond acceptors (Lipinski definition) is 10. The first-order valence-corrected chi connectivity index (χ1v) is 16.7. The smallest absolute Gasteiger partial charge is 0.413 e. The van der Waals surface area contributed by atoms with Gasteiger partial charge < -0.3 is 29.2 Å². The number of halogens is 2. The summed E-state index contributed by atoms with van der Waals surface area (Å²) in [6.07, 6.45) is 0.800. The molecular formula is C36H42Cl2N6O5. The summed E-state index contributed by atoms with van der Waals surface area (Å²) in [5.41, 5.74) is 6.28. The molecule has 1 aliphatic heterocycles. The van der Waals surface area contributed by atoms with Gasteiger partial charge in [0.05, 0.1) is 14.2 Å². The van der Waals surface area contributed by atoms with Gasteiger partial charge in [-0.15, -0.1) is 0 Å². The van der Waals surface area contributed by atoms with Gasteiger partial charge in [0, 0.05) is 77.9 Å². The maximum Gasteiger partial charge on any atom is 0.413 e. The van der Waals surface area contributed by atoms with E-state index < -0.39 is 6.09 Å². The van der Waals surface area contributed by atoms with Crippen LogP contribution in [-0.2, 0) is 11.3 Å². The molecule has 0 aliphatic carbocycles. The lowest BCUT2D eigenvalue weighted by Gasteiger charge is -2.32. The van der Waals surface area contributed by atoms with Gasteiger partial charge in [0.25, 0.3) is 0 Å². The predicted octanol–water partition coefficient (Wildman–Crippen LogP) is 7.51. The van der Waals surface area contributed by atoms with Gasteiger partial charge in [0.15, 0.2) is 11.5 Å². The van der Waals surface area contributed by atoms with E-state index in [1.165, 1.54) is 11.8 Å². The molecule has 13 heteroatoms. The lowest BCUT2D eigenvalue weighted by molar-refractivity contribution is 0.131. The highest BCUT2D eigenvalue weighted by Gasteiger charge is 2.20. The van der Waals surface area contributed by atoms with E-state index >= 15 is 0 Å². The number of amides is 1. The summed E-state index contributed by atoms with van der Waals surface area (Å²) in [5, 5.41) is 6.76. The summed E-state index contributed by atoms with van der Waals surface area (Å²) in [7, 11) is 5.27. The number of anilines is 3. The van der Waals surface area contributed by atoms with Crippen LogP contribution in [0.25, 0.3) is 11.1 Å². The average molecular weight is 710 g/mol. The molecule has 0 saturated carbocycles. The number of methoxy groups -OCH3 is 2. The van der Waals surface area contributed by atoms with Gasteiger partial charge in [-0.25, -0.2) is 9.78 Å². The van der Waals surface area contributed by atoms with Crippen molar-refractivity contribution < 1.29 is 23.7 Å². The molecule has 0 spiro atoms. The van der Waals surface area contributed by atoms with Crippen LogP contribution < -0.4 is 24.8 Å². The number of aryl methyl sites for hydroxylation is 1. The Morgan fingerprint density at radius 1 is 0.918 bits per heavy atom. The number of piperazine rings is 1. The van der Waals surface area contributed by atoms with Gasteiger partial charge in [-0.05, 0) is 68.3 Å². The molecular weight excluding hydrogens is 667 g/mol. The quantitative estimate of drug-likeness (QED) is 0.153. The van der Waals surface area contributed by atoms with Crippen LogP contribution in [0, 0.1) is 20.8 Å². The molecule has 49 heavy (non-hydrogen) atoms. The Kier molecular flexibility index (Phi) is 12.1. The normalized spacial score (nSPS) is 13.6. The van der Waals surface area contributed by atoms with Crippen molar-refractivity contribution >= 4 is 46.7 Å². The second kappa shape index (κ2) is 16.4. The molecule has 5 rings (SSSR count). The summed E-state index contributed by atoms with van der Waals surface area (Å²) in [6.45, 7) is 11.4. The monoisotopic (exact) mass is 708 g/mol. The van der Waals surface area contributed by atoms with Gasteiger partial charge >= 0.3 is 6.09 Å². The highest BCUT2D eigenvalue weighted by molar-refractivity contribution is 6.36. The van der Waals surface area contributed by atoms with Crippen molar-refractivity contribution in [3.05, 3.63) is 81.0 Å². The Hall–Kier alpha value is -4.29. The van der Waals surface area contributed by atoms with Gasteiger partial charge in [-0.3, -0.25) is 10.2 Å². The molecule has 4 aromatic rings. The fourth-order valence-electron chi connectivity index (χ4n) is 5.59. The van der Waals surface area contributed by atoms with E-state index in [-0.39, 0.29) is 18.4 Å². The second-order valence-corrected chi connectivity index (χ2v) is 12.7. The molecule has 2 heterocycles.